The molecule has 0 radical (unpaired) electrons. The number of imidazole rings is 1. The Bertz CT molecular complexity index is 1550. The van der Waals surface area contributed by atoms with Crippen LogP contribution >= 0.6 is 0 Å². The number of amides is 2. The van der Waals surface area contributed by atoms with Gasteiger partial charge in [-0.15, -0.1) is 0 Å². The van der Waals surface area contributed by atoms with Crippen LogP contribution in [0.5, 0.6) is 0 Å². The molecule has 2 amide bonds. The third-order valence-corrected chi connectivity index (χ3v) is 8.00. The Hall–Kier alpha value is -4.05. The number of nitrogens with zero attached hydrogens (tertiary/aromatic N) is 5. The maximum absolute atomic E-state index is 14.7. The summed E-state index contributed by atoms with van der Waals surface area (Å²) in [4.78, 5) is 32.8. The van der Waals surface area contributed by atoms with E-state index in [-0.39, 0.29) is 33.9 Å². The normalized spacial score (nSPS) is 16.6. The zero-order chi connectivity index (χ0) is 28.7. The van der Waals surface area contributed by atoms with E-state index in [1.165, 1.54) is 30.8 Å². The van der Waals surface area contributed by atoms with Gasteiger partial charge in [-0.3, -0.25) is 23.6 Å². The number of hydrogen-bond donors (Lipinski definition) is 2. The molecular formula is C30H36FN7O2. The predicted molar refractivity (Wildman–Crippen MR) is 153 cm³/mol. The molecule has 1 aromatic carbocycles. The van der Waals surface area contributed by atoms with E-state index >= 15 is 0 Å². The number of piperidine rings is 1. The third kappa shape index (κ3) is 5.36. The van der Waals surface area contributed by atoms with Gasteiger partial charge in [-0.1, -0.05) is 0 Å². The Balaban J connectivity index is 1.26. The number of hydrogen-bond acceptors (Lipinski definition) is 5. The van der Waals surface area contributed by atoms with E-state index in [0.717, 1.165) is 24.1 Å². The summed E-state index contributed by atoms with van der Waals surface area (Å²) < 4.78 is 18.1. The van der Waals surface area contributed by atoms with Gasteiger partial charge < -0.3 is 10.6 Å². The molecule has 0 saturated carbocycles. The summed E-state index contributed by atoms with van der Waals surface area (Å²) in [5, 5.41) is 9.75. The van der Waals surface area contributed by atoms with Gasteiger partial charge in [-0.2, -0.15) is 5.10 Å². The Morgan fingerprint density at radius 1 is 1.02 bits per heavy atom. The van der Waals surface area contributed by atoms with Gasteiger partial charge >= 0.3 is 0 Å². The number of aromatic nitrogens is 4. The number of likely N-dealkylation sites (tertiary alicyclic amines) is 1. The van der Waals surface area contributed by atoms with Crippen molar-refractivity contribution in [1.82, 2.24) is 29.4 Å². The minimum absolute atomic E-state index is 0.0533. The van der Waals surface area contributed by atoms with Crippen molar-refractivity contribution >= 4 is 23.1 Å². The lowest BCUT2D eigenvalue weighted by atomic mass is 9.80. The fraction of sp³-hybridized carbons (Fsp3) is 0.400. The molecular weight excluding hydrogens is 509 g/mol. The van der Waals surface area contributed by atoms with Crippen LogP contribution in [0.15, 0.2) is 55.0 Å². The molecule has 3 aromatic heterocycles. The van der Waals surface area contributed by atoms with E-state index in [1.807, 2.05) is 25.2 Å². The second-order valence-electron chi connectivity index (χ2n) is 11.7. The summed E-state index contributed by atoms with van der Waals surface area (Å²) in [5.74, 6) is -1.48. The zero-order valence-corrected chi connectivity index (χ0v) is 23.7. The Labute approximate surface area is 233 Å². The summed E-state index contributed by atoms with van der Waals surface area (Å²) in [7, 11) is 1.85. The zero-order valence-electron chi connectivity index (χ0n) is 23.7. The van der Waals surface area contributed by atoms with Crippen molar-refractivity contribution in [3.05, 3.63) is 72.1 Å². The topological polar surface area (TPSA) is 96.6 Å². The van der Waals surface area contributed by atoms with Crippen LogP contribution in [-0.4, -0.2) is 60.0 Å². The molecule has 0 aliphatic carbocycles. The molecule has 210 valence electrons. The highest BCUT2D eigenvalue weighted by Gasteiger charge is 2.40. The molecule has 40 heavy (non-hydrogen) atoms. The van der Waals surface area contributed by atoms with Gasteiger partial charge in [0, 0.05) is 54.7 Å². The lowest BCUT2D eigenvalue weighted by Crippen LogP contribution is -2.60. The number of rotatable bonds is 7. The molecule has 5 rings (SSSR count). The van der Waals surface area contributed by atoms with Crippen LogP contribution in [0.4, 0.5) is 10.1 Å². The van der Waals surface area contributed by atoms with Crippen molar-refractivity contribution in [1.29, 1.82) is 0 Å². The number of fused-ring (bicyclic) bond motifs is 1. The maximum Gasteiger partial charge on any atom is 0.274 e. The number of carbonyl (C=O) groups excluding carboxylic acids is 2. The van der Waals surface area contributed by atoms with Gasteiger partial charge in [0.15, 0.2) is 0 Å². The minimum atomic E-state index is -0.631. The van der Waals surface area contributed by atoms with E-state index in [1.54, 1.807) is 21.5 Å². The van der Waals surface area contributed by atoms with Crippen molar-refractivity contribution in [3.63, 3.8) is 0 Å². The number of nitrogens with one attached hydrogen (secondary N) is 2. The van der Waals surface area contributed by atoms with Gasteiger partial charge in [0.05, 0.1) is 17.6 Å². The number of halogens is 1. The second kappa shape index (κ2) is 10.5. The van der Waals surface area contributed by atoms with Crippen molar-refractivity contribution in [3.8, 4) is 11.3 Å². The molecule has 1 aliphatic rings. The number of anilines is 1. The minimum Gasteiger partial charge on any atom is -0.351 e. The Morgan fingerprint density at radius 3 is 2.48 bits per heavy atom. The van der Waals surface area contributed by atoms with Gasteiger partial charge in [-0.25, -0.2) is 9.37 Å². The molecule has 0 atom stereocenters. The molecule has 4 heterocycles. The average Bonchev–Trinajstić information content (AvgIpc) is 3.52. The smallest absolute Gasteiger partial charge is 0.274 e. The lowest BCUT2D eigenvalue weighted by Gasteiger charge is -2.53. The van der Waals surface area contributed by atoms with Crippen LogP contribution in [0.3, 0.4) is 0 Å². The molecule has 10 heteroatoms. The predicted octanol–water partition coefficient (Wildman–Crippen LogP) is 4.90. The van der Waals surface area contributed by atoms with Crippen LogP contribution in [0, 0.1) is 5.82 Å². The van der Waals surface area contributed by atoms with E-state index in [9.17, 15) is 14.0 Å². The molecule has 1 saturated heterocycles. The lowest BCUT2D eigenvalue weighted by molar-refractivity contribution is -0.0251. The SMILES string of the molecule is Cn1nccc1-c1ccn2c(C(=O)Nc3cc(C(=O)NCCN4C(C)(C)CCCC4(C)C)ccc3F)cnc2c1. The monoisotopic (exact) mass is 545 g/mol. The van der Waals surface area contributed by atoms with Gasteiger partial charge in [0.2, 0.25) is 0 Å². The molecule has 9 nitrogen and oxygen atoms in total. The molecule has 4 aromatic rings. The molecule has 1 aliphatic heterocycles. The van der Waals surface area contributed by atoms with Crippen molar-refractivity contribution in [2.24, 2.45) is 7.05 Å². The molecule has 0 spiro atoms. The van der Waals surface area contributed by atoms with Crippen LogP contribution < -0.4 is 10.6 Å². The molecule has 1 fully saturated rings. The largest absolute Gasteiger partial charge is 0.351 e. The number of carbonyl (C=O) groups is 2. The van der Waals surface area contributed by atoms with E-state index in [4.69, 9.17) is 0 Å². The van der Waals surface area contributed by atoms with E-state index < -0.39 is 11.7 Å². The van der Waals surface area contributed by atoms with Gasteiger partial charge in [0.25, 0.3) is 11.8 Å². The highest BCUT2D eigenvalue weighted by atomic mass is 19.1. The Kier molecular flexibility index (Phi) is 7.22. The number of benzene rings is 1. The summed E-state index contributed by atoms with van der Waals surface area (Å²) in [5.41, 5.74) is 2.93. The number of aryl methyl sites for hydroxylation is 1. The van der Waals surface area contributed by atoms with Crippen LogP contribution in [0.1, 0.15) is 67.8 Å². The fourth-order valence-electron chi connectivity index (χ4n) is 5.95. The molecule has 0 bridgehead atoms. The van der Waals surface area contributed by atoms with Crippen LogP contribution in [0.25, 0.3) is 16.9 Å². The summed E-state index contributed by atoms with van der Waals surface area (Å²) in [6.45, 7) is 10.2. The van der Waals surface area contributed by atoms with E-state index in [0.29, 0.717) is 18.7 Å². The highest BCUT2D eigenvalue weighted by Crippen LogP contribution is 2.37. The first kappa shape index (κ1) is 27.5. The van der Waals surface area contributed by atoms with Crippen molar-refractivity contribution in [2.75, 3.05) is 18.4 Å². The van der Waals surface area contributed by atoms with Crippen molar-refractivity contribution in [2.45, 2.75) is 58.0 Å². The first-order valence-electron chi connectivity index (χ1n) is 13.6. The number of pyridine rings is 1. The summed E-state index contributed by atoms with van der Waals surface area (Å²) in [6, 6.07) is 9.58. The first-order valence-corrected chi connectivity index (χ1v) is 13.6. The highest BCUT2D eigenvalue weighted by molar-refractivity contribution is 6.04. The standard InChI is InChI=1S/C30H36FN7O2/c1-29(2)11-6-12-30(3,4)38(29)16-14-32-27(39)21-7-8-22(31)23(17-21)35-28(40)25-19-33-26-18-20(10-15-37(25)26)24-9-13-34-36(24)5/h7-10,13,15,17-19H,6,11-12,14,16H2,1-5H3,(H,32,39)(H,35,40). The maximum atomic E-state index is 14.7. The summed E-state index contributed by atoms with van der Waals surface area (Å²) in [6.07, 6.45) is 8.31. The third-order valence-electron chi connectivity index (χ3n) is 8.00. The van der Waals surface area contributed by atoms with E-state index in [2.05, 4.69) is 53.3 Å². The Morgan fingerprint density at radius 2 is 1.77 bits per heavy atom. The van der Waals surface area contributed by atoms with Crippen molar-refractivity contribution < 1.29 is 14.0 Å². The second-order valence-corrected chi connectivity index (χ2v) is 11.7. The van der Waals surface area contributed by atoms with Crippen LogP contribution in [-0.2, 0) is 7.05 Å². The molecule has 2 N–H and O–H groups in total. The molecule has 0 unspecified atom stereocenters. The first-order chi connectivity index (χ1) is 19.0. The summed E-state index contributed by atoms with van der Waals surface area (Å²) >= 11 is 0. The van der Waals surface area contributed by atoms with Gasteiger partial charge in [0.1, 0.15) is 17.2 Å². The quantitative estimate of drug-likeness (QED) is 0.344. The average molecular weight is 546 g/mol. The fourth-order valence-corrected chi connectivity index (χ4v) is 5.95. The van der Waals surface area contributed by atoms with Gasteiger partial charge in [-0.05, 0) is 83.4 Å². The van der Waals surface area contributed by atoms with Crippen LogP contribution in [0.2, 0.25) is 0 Å².